The molecule has 1 aliphatic carbocycles. The van der Waals surface area contributed by atoms with E-state index in [1.165, 1.54) is 32.1 Å². The molecule has 3 N–H and O–H groups in total. The molecule has 94 valence electrons. The summed E-state index contributed by atoms with van der Waals surface area (Å²) in [7, 11) is 4.20. The lowest BCUT2D eigenvalue weighted by atomic mass is 9.80. The maximum absolute atomic E-state index is 11.5. The van der Waals surface area contributed by atoms with Gasteiger partial charge in [0.05, 0.1) is 6.04 Å². The number of carbonyl (C=O) groups excluding carboxylic acids is 1. The second-order valence-electron chi connectivity index (χ2n) is 5.19. The molecule has 16 heavy (non-hydrogen) atoms. The lowest BCUT2D eigenvalue weighted by molar-refractivity contribution is -0.122. The van der Waals surface area contributed by atoms with Crippen LogP contribution in [-0.4, -0.2) is 43.0 Å². The Kier molecular flexibility index (Phi) is 4.74. The number of rotatable bonds is 4. The SMILES string of the molecule is C[C@@H](N)C(=O)NCC1(N(C)C)CCCCC1. The Morgan fingerprint density at radius 1 is 1.38 bits per heavy atom. The first kappa shape index (κ1) is 13.5. The van der Waals surface area contributed by atoms with Crippen molar-refractivity contribution in [3.8, 4) is 0 Å². The van der Waals surface area contributed by atoms with E-state index in [1.807, 2.05) is 0 Å². The van der Waals surface area contributed by atoms with E-state index in [1.54, 1.807) is 6.92 Å². The van der Waals surface area contributed by atoms with Crippen LogP contribution in [0.4, 0.5) is 0 Å². The van der Waals surface area contributed by atoms with Gasteiger partial charge in [0.25, 0.3) is 0 Å². The molecule has 4 nitrogen and oxygen atoms in total. The fraction of sp³-hybridized carbons (Fsp3) is 0.917. The number of hydrogen-bond acceptors (Lipinski definition) is 3. The largest absolute Gasteiger partial charge is 0.353 e. The van der Waals surface area contributed by atoms with Crippen LogP contribution < -0.4 is 11.1 Å². The molecule has 1 saturated carbocycles. The third kappa shape index (κ3) is 3.19. The molecule has 0 unspecified atom stereocenters. The van der Waals surface area contributed by atoms with Crippen LogP contribution in [0.15, 0.2) is 0 Å². The van der Waals surface area contributed by atoms with E-state index in [4.69, 9.17) is 5.73 Å². The van der Waals surface area contributed by atoms with E-state index < -0.39 is 6.04 Å². The van der Waals surface area contributed by atoms with Crippen LogP contribution in [0.2, 0.25) is 0 Å². The molecule has 1 amide bonds. The van der Waals surface area contributed by atoms with Crippen LogP contribution in [0.3, 0.4) is 0 Å². The number of nitrogens with zero attached hydrogens (tertiary/aromatic N) is 1. The first-order valence-corrected chi connectivity index (χ1v) is 6.19. The highest BCUT2D eigenvalue weighted by Crippen LogP contribution is 2.31. The van der Waals surface area contributed by atoms with Crippen molar-refractivity contribution >= 4 is 5.91 Å². The van der Waals surface area contributed by atoms with Gasteiger partial charge in [0.1, 0.15) is 0 Å². The molecule has 0 heterocycles. The average molecular weight is 227 g/mol. The highest BCUT2D eigenvalue weighted by Gasteiger charge is 2.34. The van der Waals surface area contributed by atoms with Crippen molar-refractivity contribution in [2.24, 2.45) is 5.73 Å². The van der Waals surface area contributed by atoms with E-state index in [0.29, 0.717) is 0 Å². The van der Waals surface area contributed by atoms with E-state index >= 15 is 0 Å². The Morgan fingerprint density at radius 3 is 2.38 bits per heavy atom. The van der Waals surface area contributed by atoms with Gasteiger partial charge >= 0.3 is 0 Å². The number of hydrogen-bond donors (Lipinski definition) is 2. The summed E-state index contributed by atoms with van der Waals surface area (Å²) in [5.74, 6) is -0.0493. The summed E-state index contributed by atoms with van der Waals surface area (Å²) in [4.78, 5) is 13.8. The van der Waals surface area contributed by atoms with Crippen molar-refractivity contribution in [3.63, 3.8) is 0 Å². The minimum atomic E-state index is -0.414. The molecule has 0 aromatic rings. The minimum absolute atomic E-state index is 0.0493. The molecule has 0 radical (unpaired) electrons. The fourth-order valence-electron chi connectivity index (χ4n) is 2.40. The quantitative estimate of drug-likeness (QED) is 0.744. The summed E-state index contributed by atoms with van der Waals surface area (Å²) in [5.41, 5.74) is 5.69. The topological polar surface area (TPSA) is 58.4 Å². The lowest BCUT2D eigenvalue weighted by Gasteiger charge is -2.43. The number of likely N-dealkylation sites (N-methyl/N-ethyl adjacent to an activating group) is 1. The van der Waals surface area contributed by atoms with Crippen LogP contribution in [0.5, 0.6) is 0 Å². The zero-order valence-corrected chi connectivity index (χ0v) is 10.8. The van der Waals surface area contributed by atoms with Crippen LogP contribution in [0.1, 0.15) is 39.0 Å². The molecule has 0 aromatic heterocycles. The van der Waals surface area contributed by atoms with Gasteiger partial charge in [-0.1, -0.05) is 19.3 Å². The van der Waals surface area contributed by atoms with Gasteiger partial charge < -0.3 is 16.0 Å². The van der Waals surface area contributed by atoms with Crippen LogP contribution >= 0.6 is 0 Å². The van der Waals surface area contributed by atoms with E-state index in [9.17, 15) is 4.79 Å². The van der Waals surface area contributed by atoms with Crippen molar-refractivity contribution < 1.29 is 4.79 Å². The maximum Gasteiger partial charge on any atom is 0.236 e. The predicted octanol–water partition coefficient (Wildman–Crippen LogP) is 0.714. The summed E-state index contributed by atoms with van der Waals surface area (Å²) in [6.07, 6.45) is 6.16. The third-order valence-corrected chi connectivity index (χ3v) is 3.74. The first-order chi connectivity index (χ1) is 7.48. The van der Waals surface area contributed by atoms with Gasteiger partial charge in [0, 0.05) is 12.1 Å². The van der Waals surface area contributed by atoms with Crippen molar-refractivity contribution in [1.29, 1.82) is 0 Å². The summed E-state index contributed by atoms with van der Waals surface area (Å²) < 4.78 is 0. The smallest absolute Gasteiger partial charge is 0.236 e. The monoisotopic (exact) mass is 227 g/mol. The van der Waals surface area contributed by atoms with Crippen LogP contribution in [0, 0.1) is 0 Å². The Labute approximate surface area is 98.6 Å². The van der Waals surface area contributed by atoms with Gasteiger partial charge in [-0.25, -0.2) is 0 Å². The number of carbonyl (C=O) groups is 1. The van der Waals surface area contributed by atoms with Crippen LogP contribution in [0.25, 0.3) is 0 Å². The Hall–Kier alpha value is -0.610. The zero-order valence-electron chi connectivity index (χ0n) is 10.8. The van der Waals surface area contributed by atoms with Crippen LogP contribution in [-0.2, 0) is 4.79 Å². The predicted molar refractivity (Wildman–Crippen MR) is 66.2 cm³/mol. The molecule has 1 aliphatic rings. The highest BCUT2D eigenvalue weighted by molar-refractivity contribution is 5.81. The lowest BCUT2D eigenvalue weighted by Crippen LogP contribution is -2.55. The number of amides is 1. The molecule has 4 heteroatoms. The van der Waals surface area contributed by atoms with Crippen molar-refractivity contribution in [3.05, 3.63) is 0 Å². The van der Waals surface area contributed by atoms with Gasteiger partial charge in [-0.2, -0.15) is 0 Å². The molecule has 0 spiro atoms. The summed E-state index contributed by atoms with van der Waals surface area (Å²) in [6, 6.07) is -0.414. The molecule has 0 bridgehead atoms. The van der Waals surface area contributed by atoms with Crippen molar-refractivity contribution in [1.82, 2.24) is 10.2 Å². The molecule has 0 aromatic carbocycles. The number of nitrogens with one attached hydrogen (secondary N) is 1. The second-order valence-corrected chi connectivity index (χ2v) is 5.19. The molecule has 1 fully saturated rings. The standard InChI is InChI=1S/C12H25N3O/c1-10(13)11(16)14-9-12(15(2)3)7-5-4-6-8-12/h10H,4-9,13H2,1-3H3,(H,14,16)/t10-/m1/s1. The highest BCUT2D eigenvalue weighted by atomic mass is 16.2. The summed E-state index contributed by atoms with van der Waals surface area (Å²) >= 11 is 0. The van der Waals surface area contributed by atoms with Gasteiger partial charge in [0.15, 0.2) is 0 Å². The zero-order chi connectivity index (χ0) is 12.2. The molecule has 0 aliphatic heterocycles. The maximum atomic E-state index is 11.5. The van der Waals surface area contributed by atoms with E-state index in [2.05, 4.69) is 24.3 Å². The van der Waals surface area contributed by atoms with Gasteiger partial charge in [-0.3, -0.25) is 4.79 Å². The van der Waals surface area contributed by atoms with Gasteiger partial charge in [0.2, 0.25) is 5.91 Å². The molecular formula is C12H25N3O. The fourth-order valence-corrected chi connectivity index (χ4v) is 2.40. The normalized spacial score (nSPS) is 21.8. The van der Waals surface area contributed by atoms with Gasteiger partial charge in [-0.15, -0.1) is 0 Å². The minimum Gasteiger partial charge on any atom is -0.353 e. The number of nitrogens with two attached hydrogens (primary N) is 1. The summed E-state index contributed by atoms with van der Waals surface area (Å²) in [6.45, 7) is 2.44. The molecule has 1 atom stereocenters. The van der Waals surface area contributed by atoms with E-state index in [-0.39, 0.29) is 11.4 Å². The third-order valence-electron chi connectivity index (χ3n) is 3.74. The molecule has 1 rings (SSSR count). The van der Waals surface area contributed by atoms with E-state index in [0.717, 1.165) is 6.54 Å². The van der Waals surface area contributed by atoms with Crippen molar-refractivity contribution in [2.75, 3.05) is 20.6 Å². The molecule has 0 saturated heterocycles. The Bertz CT molecular complexity index is 232. The Morgan fingerprint density at radius 2 is 1.94 bits per heavy atom. The average Bonchev–Trinajstić information content (AvgIpc) is 2.26. The Balaban J connectivity index is 2.54. The van der Waals surface area contributed by atoms with Gasteiger partial charge in [-0.05, 0) is 33.9 Å². The second kappa shape index (κ2) is 5.64. The van der Waals surface area contributed by atoms with Crippen molar-refractivity contribution in [2.45, 2.75) is 50.6 Å². The molecular weight excluding hydrogens is 202 g/mol. The summed E-state index contributed by atoms with van der Waals surface area (Å²) in [5, 5.41) is 2.97. The first-order valence-electron chi connectivity index (χ1n) is 6.19.